The number of pyridine rings is 1. The summed E-state index contributed by atoms with van der Waals surface area (Å²) in [5, 5.41) is 8.53. The molecule has 0 aromatic carbocycles. The number of nitrogens with zero attached hydrogens (tertiary/aromatic N) is 1. The van der Waals surface area contributed by atoms with Crippen LogP contribution in [-0.4, -0.2) is 16.1 Å². The molecule has 0 bridgehead atoms. The molecule has 0 saturated carbocycles. The van der Waals surface area contributed by atoms with Gasteiger partial charge >= 0.3 is 12.1 Å². The molecule has 0 unspecified atom stereocenters. The van der Waals surface area contributed by atoms with Gasteiger partial charge in [0.25, 0.3) is 6.43 Å². The largest absolute Gasteiger partial charge is 0.481 e. The molecule has 1 rings (SSSR count). The molecule has 1 heterocycles. The lowest BCUT2D eigenvalue weighted by Crippen LogP contribution is -2.15. The number of alkyl halides is 5. The average Bonchev–Trinajstić information content (AvgIpc) is 2.17. The molecule has 1 aromatic rings. The summed E-state index contributed by atoms with van der Waals surface area (Å²) in [5.41, 5.74) is -3.14. The molecule has 0 amide bonds. The van der Waals surface area contributed by atoms with Crippen molar-refractivity contribution in [2.45, 2.75) is 25.9 Å². The van der Waals surface area contributed by atoms with E-state index in [4.69, 9.17) is 5.11 Å². The van der Waals surface area contributed by atoms with Crippen LogP contribution in [0.5, 0.6) is 0 Å². The van der Waals surface area contributed by atoms with E-state index < -0.39 is 36.4 Å². The smallest absolute Gasteiger partial charge is 0.433 e. The Morgan fingerprint density at radius 3 is 2.39 bits per heavy atom. The van der Waals surface area contributed by atoms with Gasteiger partial charge in [0.1, 0.15) is 11.4 Å². The molecule has 8 heteroatoms. The van der Waals surface area contributed by atoms with Crippen LogP contribution in [0.3, 0.4) is 0 Å². The predicted molar refractivity (Wildman–Crippen MR) is 50.3 cm³/mol. The van der Waals surface area contributed by atoms with Crippen LogP contribution in [0.2, 0.25) is 0 Å². The van der Waals surface area contributed by atoms with Crippen molar-refractivity contribution >= 4 is 5.97 Å². The van der Waals surface area contributed by atoms with Crippen molar-refractivity contribution < 1.29 is 31.9 Å². The Kier molecular flexibility index (Phi) is 3.88. The highest BCUT2D eigenvalue weighted by molar-refractivity contribution is 5.71. The molecule has 1 N–H and O–H groups in total. The number of aliphatic carboxylic acids is 1. The number of aryl methyl sites for hydroxylation is 1. The lowest BCUT2D eigenvalue weighted by molar-refractivity contribution is -0.141. The van der Waals surface area contributed by atoms with Crippen LogP contribution in [0, 0.1) is 6.92 Å². The lowest BCUT2D eigenvalue weighted by Gasteiger charge is -2.13. The van der Waals surface area contributed by atoms with Crippen molar-refractivity contribution in [3.05, 3.63) is 28.6 Å². The summed E-state index contributed by atoms with van der Waals surface area (Å²) in [4.78, 5) is 13.3. The Hall–Kier alpha value is -1.73. The molecule has 0 radical (unpaired) electrons. The van der Waals surface area contributed by atoms with E-state index in [0.29, 0.717) is 6.07 Å². The van der Waals surface area contributed by atoms with Gasteiger partial charge in [-0.2, -0.15) is 13.2 Å². The van der Waals surface area contributed by atoms with Crippen LogP contribution in [0.25, 0.3) is 0 Å². The van der Waals surface area contributed by atoms with Gasteiger partial charge < -0.3 is 5.11 Å². The zero-order valence-corrected chi connectivity index (χ0v) is 9.05. The first-order valence-corrected chi connectivity index (χ1v) is 4.70. The quantitative estimate of drug-likeness (QED) is 0.858. The van der Waals surface area contributed by atoms with Gasteiger partial charge in [0.2, 0.25) is 0 Å². The third-order valence-corrected chi connectivity index (χ3v) is 2.20. The van der Waals surface area contributed by atoms with Crippen molar-refractivity contribution in [1.82, 2.24) is 4.98 Å². The second-order valence-corrected chi connectivity index (χ2v) is 3.56. The Bertz CT molecular complexity index is 470. The lowest BCUT2D eigenvalue weighted by atomic mass is 10.0. The Morgan fingerprint density at radius 1 is 1.44 bits per heavy atom. The molecule has 3 nitrogen and oxygen atoms in total. The van der Waals surface area contributed by atoms with E-state index in [1.165, 1.54) is 0 Å². The van der Waals surface area contributed by atoms with Crippen LogP contribution in [0.15, 0.2) is 6.07 Å². The highest BCUT2D eigenvalue weighted by atomic mass is 19.4. The number of hydrogen-bond acceptors (Lipinski definition) is 2. The van der Waals surface area contributed by atoms with E-state index in [1.807, 2.05) is 0 Å². The van der Waals surface area contributed by atoms with Gasteiger partial charge in [-0.3, -0.25) is 4.79 Å². The van der Waals surface area contributed by atoms with Crippen LogP contribution >= 0.6 is 0 Å². The van der Waals surface area contributed by atoms with Crippen LogP contribution in [0.1, 0.15) is 28.9 Å². The fraction of sp³-hybridized carbons (Fsp3) is 0.400. The minimum Gasteiger partial charge on any atom is -0.481 e. The van der Waals surface area contributed by atoms with E-state index in [-0.39, 0.29) is 11.1 Å². The van der Waals surface area contributed by atoms with E-state index in [1.54, 1.807) is 0 Å². The number of aromatic nitrogens is 1. The monoisotopic (exact) mass is 269 g/mol. The van der Waals surface area contributed by atoms with Crippen molar-refractivity contribution in [1.29, 1.82) is 0 Å². The minimum absolute atomic E-state index is 0.171. The second-order valence-electron chi connectivity index (χ2n) is 3.56. The molecule has 0 fully saturated rings. The predicted octanol–water partition coefficient (Wildman–Crippen LogP) is 2.97. The number of carboxylic acids is 1. The molecule has 0 spiro atoms. The maximum Gasteiger partial charge on any atom is 0.433 e. The highest BCUT2D eigenvalue weighted by Gasteiger charge is 2.35. The normalized spacial score (nSPS) is 11.9. The molecule has 1 aromatic heterocycles. The van der Waals surface area contributed by atoms with Gasteiger partial charge in [-0.1, -0.05) is 0 Å². The first-order chi connectivity index (χ1) is 8.12. The summed E-state index contributed by atoms with van der Waals surface area (Å²) < 4.78 is 62.4. The van der Waals surface area contributed by atoms with E-state index in [0.717, 1.165) is 6.92 Å². The summed E-state index contributed by atoms with van der Waals surface area (Å²) in [6.07, 6.45) is -8.91. The van der Waals surface area contributed by atoms with Crippen molar-refractivity contribution in [2.75, 3.05) is 0 Å². The van der Waals surface area contributed by atoms with Gasteiger partial charge in [0.15, 0.2) is 0 Å². The first kappa shape index (κ1) is 14.3. The Morgan fingerprint density at radius 2 is 2.00 bits per heavy atom. The number of rotatable bonds is 3. The minimum atomic E-state index is -4.85. The summed E-state index contributed by atoms with van der Waals surface area (Å²) in [5.74, 6) is -1.42. The summed E-state index contributed by atoms with van der Waals surface area (Å²) in [6.45, 7) is 1.14. The zero-order chi connectivity index (χ0) is 14.1. The van der Waals surface area contributed by atoms with Crippen LogP contribution in [0.4, 0.5) is 22.0 Å². The zero-order valence-electron chi connectivity index (χ0n) is 9.05. The molecule has 0 aliphatic rings. The third kappa shape index (κ3) is 3.14. The van der Waals surface area contributed by atoms with Crippen LogP contribution in [-0.2, 0) is 17.4 Å². The first-order valence-electron chi connectivity index (χ1n) is 4.70. The highest BCUT2D eigenvalue weighted by Crippen LogP contribution is 2.32. The molecule has 18 heavy (non-hydrogen) atoms. The van der Waals surface area contributed by atoms with Gasteiger partial charge in [0.05, 0.1) is 6.42 Å². The summed E-state index contributed by atoms with van der Waals surface area (Å²) >= 11 is 0. The number of hydrogen-bond donors (Lipinski definition) is 1. The topological polar surface area (TPSA) is 50.2 Å². The molecular weight excluding hydrogens is 261 g/mol. The number of halogens is 5. The average molecular weight is 269 g/mol. The third-order valence-electron chi connectivity index (χ3n) is 2.20. The van der Waals surface area contributed by atoms with Crippen molar-refractivity contribution in [2.24, 2.45) is 0 Å². The molecular formula is C10H8F5NO2. The van der Waals surface area contributed by atoms with Crippen molar-refractivity contribution in [3.63, 3.8) is 0 Å². The molecule has 0 aliphatic carbocycles. The van der Waals surface area contributed by atoms with E-state index >= 15 is 0 Å². The van der Waals surface area contributed by atoms with Gasteiger partial charge in [0, 0.05) is 0 Å². The SMILES string of the molecule is Cc1cc(C(F)(F)F)nc(C(F)F)c1CC(=O)O. The van der Waals surface area contributed by atoms with Gasteiger partial charge in [-0.05, 0) is 24.1 Å². The maximum absolute atomic E-state index is 12.6. The fourth-order valence-electron chi connectivity index (χ4n) is 1.43. The molecule has 0 saturated heterocycles. The Labute approximate surface area is 98.3 Å². The second kappa shape index (κ2) is 4.87. The van der Waals surface area contributed by atoms with Crippen molar-refractivity contribution in [3.8, 4) is 0 Å². The van der Waals surface area contributed by atoms with Gasteiger partial charge in [-0.25, -0.2) is 13.8 Å². The standard InChI is InChI=1S/C10H8F5NO2/c1-4-2-6(10(13,14)15)16-8(9(11)12)5(4)3-7(17)18/h2,9H,3H2,1H3,(H,17,18). The van der Waals surface area contributed by atoms with E-state index in [2.05, 4.69) is 4.98 Å². The Balaban J connectivity index is 3.40. The van der Waals surface area contributed by atoms with Crippen LogP contribution < -0.4 is 0 Å². The molecule has 0 atom stereocenters. The number of carboxylic acid groups (broad SMARTS) is 1. The van der Waals surface area contributed by atoms with Gasteiger partial charge in [-0.15, -0.1) is 0 Å². The summed E-state index contributed by atoms with van der Waals surface area (Å²) in [7, 11) is 0. The molecule has 100 valence electrons. The summed E-state index contributed by atoms with van der Waals surface area (Å²) in [6, 6.07) is 0.560. The van der Waals surface area contributed by atoms with E-state index in [9.17, 15) is 26.7 Å². The maximum atomic E-state index is 12.6. The number of carbonyl (C=O) groups is 1. The fourth-order valence-corrected chi connectivity index (χ4v) is 1.43. The molecule has 0 aliphatic heterocycles.